The van der Waals surface area contributed by atoms with Crippen molar-refractivity contribution in [1.82, 2.24) is 0 Å². The van der Waals surface area contributed by atoms with E-state index >= 15 is 0 Å². The minimum absolute atomic E-state index is 0.0194. The number of carbonyl (C=O) groups is 2. The summed E-state index contributed by atoms with van der Waals surface area (Å²) in [5.41, 5.74) is 3.39. The van der Waals surface area contributed by atoms with E-state index in [1.54, 1.807) is 6.08 Å². The maximum atomic E-state index is 11.6. The zero-order valence-electron chi connectivity index (χ0n) is 12.1. The molecule has 0 aliphatic heterocycles. The van der Waals surface area contributed by atoms with Gasteiger partial charge in [0.15, 0.2) is 5.78 Å². The van der Waals surface area contributed by atoms with Gasteiger partial charge in [0.05, 0.1) is 0 Å². The van der Waals surface area contributed by atoms with Crippen LogP contribution in [0, 0.1) is 22.8 Å². The van der Waals surface area contributed by atoms with Crippen molar-refractivity contribution in [2.75, 3.05) is 0 Å². The number of hydrogen-bond acceptors (Lipinski definition) is 2. The Bertz CT molecular complexity index is 487. The number of carbonyl (C=O) groups excluding carboxylic acids is 2. The molecular weight excluding hydrogens is 252 g/mol. The van der Waals surface area contributed by atoms with Crippen molar-refractivity contribution >= 4 is 19.6 Å². The van der Waals surface area contributed by atoms with Gasteiger partial charge in [-0.2, -0.15) is 0 Å². The van der Waals surface area contributed by atoms with Crippen LogP contribution in [0.15, 0.2) is 12.2 Å². The van der Waals surface area contributed by atoms with Crippen LogP contribution in [0.3, 0.4) is 0 Å². The molecular formula is C16H22O2Si. The lowest BCUT2D eigenvalue weighted by Gasteiger charge is -2.42. The lowest BCUT2D eigenvalue weighted by molar-refractivity contribution is -0.126. The molecule has 19 heavy (non-hydrogen) atoms. The highest BCUT2D eigenvalue weighted by Gasteiger charge is 2.43. The number of rotatable bonds is 1. The Morgan fingerprint density at radius 1 is 1.32 bits per heavy atom. The molecule has 2 nitrogen and oxygen atoms in total. The van der Waals surface area contributed by atoms with Crippen molar-refractivity contribution in [2.24, 2.45) is 11.3 Å². The molecule has 0 unspecified atom stereocenters. The molecule has 1 saturated carbocycles. The van der Waals surface area contributed by atoms with Crippen LogP contribution in [0.5, 0.6) is 0 Å². The van der Waals surface area contributed by atoms with Crippen LogP contribution in [-0.4, -0.2) is 19.6 Å². The molecule has 0 saturated heterocycles. The quantitative estimate of drug-likeness (QED) is 0.544. The van der Waals surface area contributed by atoms with Crippen molar-refractivity contribution in [3.8, 4) is 11.5 Å². The van der Waals surface area contributed by atoms with E-state index in [4.69, 9.17) is 0 Å². The van der Waals surface area contributed by atoms with Crippen LogP contribution in [0.2, 0.25) is 19.6 Å². The minimum Gasteiger partial charge on any atom is -0.300 e. The average molecular weight is 274 g/mol. The molecule has 0 aromatic carbocycles. The number of Topliss-reactive ketones (excluding diaryl/α,β-unsaturated/α-hetero) is 1. The number of ketones is 2. The molecule has 0 spiro atoms. The number of allylic oxidation sites excluding steroid dienone is 2. The molecule has 3 heteroatoms. The van der Waals surface area contributed by atoms with Gasteiger partial charge in [-0.25, -0.2) is 0 Å². The fourth-order valence-corrected chi connectivity index (χ4v) is 3.61. The average Bonchev–Trinajstić information content (AvgIpc) is 2.28. The summed E-state index contributed by atoms with van der Waals surface area (Å²) in [5.74, 6) is 4.00. The van der Waals surface area contributed by atoms with Gasteiger partial charge in [0.25, 0.3) is 0 Å². The first-order chi connectivity index (χ1) is 8.81. The van der Waals surface area contributed by atoms with Crippen LogP contribution in [0.1, 0.15) is 32.1 Å². The summed E-state index contributed by atoms with van der Waals surface area (Å²) in [6, 6.07) is 0. The van der Waals surface area contributed by atoms with Crippen LogP contribution < -0.4 is 0 Å². The van der Waals surface area contributed by atoms with Crippen molar-refractivity contribution in [1.29, 1.82) is 0 Å². The Labute approximate surface area is 116 Å². The van der Waals surface area contributed by atoms with Crippen LogP contribution in [0.25, 0.3) is 0 Å². The molecule has 0 bridgehead atoms. The maximum Gasteiger partial charge on any atom is 0.155 e. The molecule has 0 aromatic heterocycles. The molecule has 1 fully saturated rings. The van der Waals surface area contributed by atoms with E-state index in [0.29, 0.717) is 25.0 Å². The summed E-state index contributed by atoms with van der Waals surface area (Å²) < 4.78 is 0. The third kappa shape index (κ3) is 3.45. The lowest BCUT2D eigenvalue weighted by Crippen LogP contribution is -2.39. The van der Waals surface area contributed by atoms with Crippen LogP contribution in [-0.2, 0) is 9.59 Å². The van der Waals surface area contributed by atoms with E-state index in [1.807, 2.05) is 0 Å². The monoisotopic (exact) mass is 274 g/mol. The van der Waals surface area contributed by atoms with Crippen molar-refractivity contribution < 1.29 is 9.59 Å². The summed E-state index contributed by atoms with van der Waals surface area (Å²) in [6.07, 6.45) is 7.15. The predicted molar refractivity (Wildman–Crippen MR) is 79.3 cm³/mol. The minimum atomic E-state index is -1.35. The van der Waals surface area contributed by atoms with Gasteiger partial charge in [-0.3, -0.25) is 9.59 Å². The molecule has 0 radical (unpaired) electrons. The molecule has 2 aliphatic carbocycles. The highest BCUT2D eigenvalue weighted by molar-refractivity contribution is 6.83. The second-order valence-corrected chi connectivity index (χ2v) is 11.7. The summed E-state index contributed by atoms with van der Waals surface area (Å²) in [5, 5.41) is 0. The zero-order valence-corrected chi connectivity index (χ0v) is 13.1. The van der Waals surface area contributed by atoms with E-state index in [2.05, 4.69) is 37.2 Å². The van der Waals surface area contributed by atoms with Gasteiger partial charge in [-0.05, 0) is 18.4 Å². The Morgan fingerprint density at radius 3 is 2.74 bits per heavy atom. The van der Waals surface area contributed by atoms with Gasteiger partial charge < -0.3 is 0 Å². The Morgan fingerprint density at radius 2 is 2.05 bits per heavy atom. The molecule has 102 valence electrons. The molecule has 2 atom stereocenters. The van der Waals surface area contributed by atoms with Crippen molar-refractivity contribution in [3.05, 3.63) is 12.2 Å². The van der Waals surface area contributed by atoms with Crippen molar-refractivity contribution in [2.45, 2.75) is 51.7 Å². The summed E-state index contributed by atoms with van der Waals surface area (Å²) >= 11 is 0. The van der Waals surface area contributed by atoms with Gasteiger partial charge in [-0.1, -0.05) is 25.7 Å². The van der Waals surface area contributed by atoms with Gasteiger partial charge in [0.1, 0.15) is 13.9 Å². The first-order valence-electron chi connectivity index (χ1n) is 7.05. The third-order valence-electron chi connectivity index (χ3n) is 4.09. The zero-order chi connectivity index (χ0) is 14.1. The maximum absolute atomic E-state index is 11.6. The second kappa shape index (κ2) is 5.09. The standard InChI is InChI=1S/C16H22O2Si/c1-19(2,3)10-4-7-16-8-5-14(17)11-13(16)12-15(18)6-9-16/h5,8,13H,6-7,9,11-12H2,1-3H3/t13-,16+/m1/s1. The Balaban J connectivity index is 2.21. The van der Waals surface area contributed by atoms with Crippen molar-refractivity contribution in [3.63, 3.8) is 0 Å². The van der Waals surface area contributed by atoms with Gasteiger partial charge in [-0.15, -0.1) is 11.5 Å². The highest BCUT2D eigenvalue weighted by atomic mass is 28.3. The second-order valence-electron chi connectivity index (χ2n) is 6.91. The van der Waals surface area contributed by atoms with E-state index in [0.717, 1.165) is 12.8 Å². The summed E-state index contributed by atoms with van der Waals surface area (Å²) in [4.78, 5) is 23.2. The molecule has 0 amide bonds. The molecule has 2 rings (SSSR count). The topological polar surface area (TPSA) is 34.1 Å². The lowest BCUT2D eigenvalue weighted by atomic mass is 9.60. The normalized spacial score (nSPS) is 30.6. The Kier molecular flexibility index (Phi) is 3.82. The van der Waals surface area contributed by atoms with E-state index in [-0.39, 0.29) is 17.1 Å². The molecule has 0 N–H and O–H groups in total. The Hall–Kier alpha value is -1.14. The third-order valence-corrected chi connectivity index (χ3v) is 5.01. The number of hydrogen-bond donors (Lipinski definition) is 0. The van der Waals surface area contributed by atoms with Gasteiger partial charge >= 0.3 is 0 Å². The number of fused-ring (bicyclic) bond motifs is 1. The van der Waals surface area contributed by atoms with E-state index < -0.39 is 8.07 Å². The summed E-state index contributed by atoms with van der Waals surface area (Å²) in [7, 11) is -1.35. The molecule has 0 heterocycles. The van der Waals surface area contributed by atoms with Crippen LogP contribution in [0.4, 0.5) is 0 Å². The SMILES string of the molecule is C[Si](C)(C)C#CC[C@@]12C=CC(=O)C[C@@H]1CC(=O)CC2. The highest BCUT2D eigenvalue weighted by Crippen LogP contribution is 2.47. The van der Waals surface area contributed by atoms with E-state index in [9.17, 15) is 9.59 Å². The molecule has 0 aromatic rings. The van der Waals surface area contributed by atoms with E-state index in [1.165, 1.54) is 0 Å². The fraction of sp³-hybridized carbons (Fsp3) is 0.625. The first-order valence-corrected chi connectivity index (χ1v) is 10.5. The largest absolute Gasteiger partial charge is 0.300 e. The van der Waals surface area contributed by atoms with Gasteiger partial charge in [0.2, 0.25) is 0 Å². The van der Waals surface area contributed by atoms with Crippen LogP contribution >= 0.6 is 0 Å². The fourth-order valence-electron chi connectivity index (χ4n) is 2.99. The first kappa shape index (κ1) is 14.3. The summed E-state index contributed by atoms with van der Waals surface area (Å²) in [6.45, 7) is 6.71. The smallest absolute Gasteiger partial charge is 0.155 e. The van der Waals surface area contributed by atoms with Gasteiger partial charge in [0, 0.05) is 31.1 Å². The predicted octanol–water partition coefficient (Wildman–Crippen LogP) is 3.14. The molecule has 2 aliphatic rings.